The number of nitrogens with zero attached hydrogens (tertiary/aromatic N) is 3. The van der Waals surface area contributed by atoms with Crippen LogP contribution >= 0.6 is 11.9 Å². The van der Waals surface area contributed by atoms with Crippen molar-refractivity contribution in [3.63, 3.8) is 0 Å². The minimum Gasteiger partial charge on any atom is -0.493 e. The normalized spacial score (nSPS) is 16.4. The van der Waals surface area contributed by atoms with Crippen LogP contribution in [0.25, 0.3) is 6.08 Å². The molecule has 10 nitrogen and oxygen atoms in total. The Kier molecular flexibility index (Phi) is 7.98. The Hall–Kier alpha value is -3.64. The number of benzene rings is 2. The summed E-state index contributed by atoms with van der Waals surface area (Å²) in [5.74, 6) is 0.895. The van der Waals surface area contributed by atoms with E-state index in [1.54, 1.807) is 18.2 Å². The zero-order valence-corrected chi connectivity index (χ0v) is 22.2. The van der Waals surface area contributed by atoms with Gasteiger partial charge in [-0.25, -0.2) is 13.3 Å². The quantitative estimate of drug-likeness (QED) is 0.287. The summed E-state index contributed by atoms with van der Waals surface area (Å²) in [6.45, 7) is 5.15. The summed E-state index contributed by atoms with van der Waals surface area (Å²) in [5.41, 5.74) is 1.57. The van der Waals surface area contributed by atoms with Crippen molar-refractivity contribution in [3.8, 4) is 17.2 Å². The van der Waals surface area contributed by atoms with Crippen LogP contribution in [0.2, 0.25) is 0 Å². The molecule has 0 spiro atoms. The molecule has 2 aromatic carbocycles. The molecule has 0 radical (unpaired) electrons. The maximum Gasteiger partial charge on any atom is 0.283 e. The Labute approximate surface area is 219 Å². The predicted octanol–water partition coefficient (Wildman–Crippen LogP) is 3.86. The van der Waals surface area contributed by atoms with Crippen LogP contribution in [0.3, 0.4) is 0 Å². The molecule has 37 heavy (non-hydrogen) atoms. The lowest BCUT2D eigenvalue weighted by Gasteiger charge is -2.23. The Balaban J connectivity index is 1.46. The van der Waals surface area contributed by atoms with Crippen LogP contribution in [0.15, 0.2) is 57.4 Å². The number of sulfone groups is 1. The van der Waals surface area contributed by atoms with Gasteiger partial charge in [0.25, 0.3) is 5.91 Å². The fraction of sp³-hybridized carbons (Fsp3) is 0.280. The number of amides is 1. The van der Waals surface area contributed by atoms with Crippen LogP contribution in [-0.2, 0) is 14.6 Å². The van der Waals surface area contributed by atoms with Gasteiger partial charge < -0.3 is 14.2 Å². The summed E-state index contributed by atoms with van der Waals surface area (Å²) in [4.78, 5) is 17.6. The molecule has 0 saturated carbocycles. The van der Waals surface area contributed by atoms with Gasteiger partial charge in [-0.3, -0.25) is 10.2 Å². The zero-order valence-electron chi connectivity index (χ0n) is 20.6. The first-order chi connectivity index (χ1) is 17.7. The van der Waals surface area contributed by atoms with E-state index in [-0.39, 0.29) is 21.7 Å². The molecule has 194 valence electrons. The molecule has 1 amide bonds. The van der Waals surface area contributed by atoms with Crippen molar-refractivity contribution in [1.82, 2.24) is 4.90 Å². The van der Waals surface area contributed by atoms with Gasteiger partial charge in [0.2, 0.25) is 20.2 Å². The third kappa shape index (κ3) is 6.03. The summed E-state index contributed by atoms with van der Waals surface area (Å²) in [5, 5.41) is 8.19. The highest BCUT2D eigenvalue weighted by atomic mass is 32.2. The van der Waals surface area contributed by atoms with Crippen LogP contribution in [0.1, 0.15) is 24.5 Å². The van der Waals surface area contributed by atoms with E-state index < -0.39 is 15.7 Å². The van der Waals surface area contributed by atoms with E-state index in [9.17, 15) is 13.2 Å². The lowest BCUT2D eigenvalue weighted by atomic mass is 10.1. The molecule has 0 aromatic heterocycles. The van der Waals surface area contributed by atoms with E-state index in [4.69, 9.17) is 19.6 Å². The SMILES string of the molecule is CCOc1cc(/C=C2/C(=N)N3C(=NC2=O)SN=C3S(C)(=O)=O)ccc1OCCCOc1ccccc1C. The third-order valence-corrected chi connectivity index (χ3v) is 7.06. The number of hydrogen-bond donors (Lipinski definition) is 1. The fourth-order valence-electron chi connectivity index (χ4n) is 3.55. The fourth-order valence-corrected chi connectivity index (χ4v) is 5.39. The smallest absolute Gasteiger partial charge is 0.283 e. The average Bonchev–Trinajstić information content (AvgIpc) is 3.28. The van der Waals surface area contributed by atoms with Gasteiger partial charge in [0, 0.05) is 12.7 Å². The number of carbonyl (C=O) groups excluding carboxylic acids is 1. The second-order valence-corrected chi connectivity index (χ2v) is 10.8. The maximum absolute atomic E-state index is 12.6. The topological polar surface area (TPSA) is 131 Å². The van der Waals surface area contributed by atoms with Crippen molar-refractivity contribution in [3.05, 3.63) is 59.2 Å². The molecule has 2 aromatic rings. The van der Waals surface area contributed by atoms with E-state index in [2.05, 4.69) is 9.39 Å². The van der Waals surface area contributed by atoms with Crippen LogP contribution < -0.4 is 14.2 Å². The van der Waals surface area contributed by atoms with Crippen molar-refractivity contribution in [2.75, 3.05) is 26.1 Å². The van der Waals surface area contributed by atoms with Crippen LogP contribution in [0.5, 0.6) is 17.2 Å². The molecule has 1 N–H and O–H groups in total. The standard InChI is InChI=1S/C25H26N4O6S2/c1-4-33-21-15-17(10-11-20(21)35-13-7-12-34-19-9-6-5-8-16(19)2)14-18-22(26)29-24(27-23(18)30)36-28-25(29)37(3,31)32/h5-6,8-11,14-15,26H,4,7,12-13H2,1-3H3/b18-14-,26-22?. The molecule has 0 aliphatic carbocycles. The molecule has 0 saturated heterocycles. The van der Waals surface area contributed by atoms with Crippen LogP contribution in [0.4, 0.5) is 0 Å². The van der Waals surface area contributed by atoms with E-state index in [0.717, 1.165) is 34.4 Å². The molecule has 4 rings (SSSR count). The first kappa shape index (κ1) is 26.4. The molecule has 0 atom stereocenters. The highest BCUT2D eigenvalue weighted by molar-refractivity contribution is 8.16. The first-order valence-electron chi connectivity index (χ1n) is 11.5. The molecule has 0 bridgehead atoms. The molecule has 0 fully saturated rings. The van der Waals surface area contributed by atoms with Gasteiger partial charge in [0.15, 0.2) is 11.5 Å². The van der Waals surface area contributed by atoms with E-state index in [1.807, 2.05) is 38.1 Å². The van der Waals surface area contributed by atoms with Crippen molar-refractivity contribution in [1.29, 1.82) is 5.41 Å². The van der Waals surface area contributed by atoms with Gasteiger partial charge >= 0.3 is 0 Å². The summed E-state index contributed by atoms with van der Waals surface area (Å²) >= 11 is 0.749. The van der Waals surface area contributed by atoms with Gasteiger partial charge in [-0.1, -0.05) is 24.3 Å². The third-order valence-electron chi connectivity index (χ3n) is 5.30. The number of rotatable bonds is 9. The van der Waals surface area contributed by atoms with Gasteiger partial charge in [-0.2, -0.15) is 9.39 Å². The number of ether oxygens (including phenoxy) is 3. The Bertz CT molecular complexity index is 1430. The number of aryl methyl sites for hydroxylation is 1. The zero-order chi connectivity index (χ0) is 26.6. The Morgan fingerprint density at radius 2 is 1.78 bits per heavy atom. The van der Waals surface area contributed by atoms with E-state index in [1.165, 1.54) is 6.08 Å². The summed E-state index contributed by atoms with van der Waals surface area (Å²) in [6, 6.07) is 13.0. The molecule has 12 heteroatoms. The van der Waals surface area contributed by atoms with Crippen LogP contribution in [0, 0.1) is 12.3 Å². The Morgan fingerprint density at radius 3 is 2.49 bits per heavy atom. The van der Waals surface area contributed by atoms with Crippen molar-refractivity contribution in [2.24, 2.45) is 9.39 Å². The molecule has 2 aliphatic heterocycles. The van der Waals surface area contributed by atoms with Crippen molar-refractivity contribution >= 4 is 49.9 Å². The highest BCUT2D eigenvalue weighted by Crippen LogP contribution is 2.32. The number of para-hydroxylation sites is 1. The summed E-state index contributed by atoms with van der Waals surface area (Å²) in [6.07, 6.45) is 3.12. The Morgan fingerprint density at radius 1 is 1.05 bits per heavy atom. The number of carbonyl (C=O) groups is 1. The lowest BCUT2D eigenvalue weighted by Crippen LogP contribution is -2.45. The maximum atomic E-state index is 12.6. The second-order valence-electron chi connectivity index (χ2n) is 8.13. The van der Waals surface area contributed by atoms with E-state index in [0.29, 0.717) is 43.3 Å². The number of nitrogens with one attached hydrogen (secondary N) is 1. The van der Waals surface area contributed by atoms with Crippen molar-refractivity contribution < 1.29 is 27.4 Å². The van der Waals surface area contributed by atoms with Gasteiger partial charge in [-0.15, -0.1) is 0 Å². The van der Waals surface area contributed by atoms with E-state index >= 15 is 0 Å². The van der Waals surface area contributed by atoms with Gasteiger partial charge in [-0.05, 0) is 49.2 Å². The molecule has 2 aliphatic rings. The van der Waals surface area contributed by atoms with Crippen LogP contribution in [-0.4, -0.2) is 61.5 Å². The largest absolute Gasteiger partial charge is 0.493 e. The minimum atomic E-state index is -3.72. The molecular weight excluding hydrogens is 516 g/mol. The number of aliphatic imine (C=N–C) groups is 1. The summed E-state index contributed by atoms with van der Waals surface area (Å²) in [7, 11) is -3.72. The number of fused-ring (bicyclic) bond motifs is 1. The van der Waals surface area contributed by atoms with Crippen molar-refractivity contribution in [2.45, 2.75) is 20.3 Å². The van der Waals surface area contributed by atoms with Gasteiger partial charge in [0.05, 0.1) is 37.3 Å². The second kappa shape index (κ2) is 11.2. The minimum absolute atomic E-state index is 0.0396. The molecule has 2 heterocycles. The highest BCUT2D eigenvalue weighted by Gasteiger charge is 2.41. The molecule has 0 unspecified atom stereocenters. The number of amidine groups is 3. The average molecular weight is 543 g/mol. The monoisotopic (exact) mass is 542 g/mol. The first-order valence-corrected chi connectivity index (χ1v) is 14.1. The predicted molar refractivity (Wildman–Crippen MR) is 144 cm³/mol. The van der Waals surface area contributed by atoms with Gasteiger partial charge in [0.1, 0.15) is 11.6 Å². The lowest BCUT2D eigenvalue weighted by molar-refractivity contribution is -0.114. The molecular formula is C25H26N4O6S2. The number of hydrogen-bond acceptors (Lipinski definition) is 9. The summed E-state index contributed by atoms with van der Waals surface area (Å²) < 4.78 is 45.4.